The number of hydrogen-bond acceptors (Lipinski definition) is 6. The third-order valence-electron chi connectivity index (χ3n) is 3.21. The zero-order valence-electron chi connectivity index (χ0n) is 14.3. The van der Waals surface area contributed by atoms with Crippen molar-refractivity contribution in [2.24, 2.45) is 11.5 Å². The molecule has 0 spiro atoms. The molecule has 0 aliphatic carbocycles. The minimum Gasteiger partial charge on any atom is -0.355 e. The fourth-order valence-electron chi connectivity index (χ4n) is 1.89. The lowest BCUT2D eigenvalue weighted by atomic mass is 10.3. The number of nitrogens with one attached hydrogen (secondary N) is 3. The first-order chi connectivity index (χ1) is 11.2. The molecular formula is C16H35N5OS. The van der Waals surface area contributed by atoms with E-state index >= 15 is 0 Å². The van der Waals surface area contributed by atoms with Gasteiger partial charge in [-0.05, 0) is 77.5 Å². The first-order valence-corrected chi connectivity index (χ1v) is 9.71. The van der Waals surface area contributed by atoms with Crippen molar-refractivity contribution >= 4 is 17.7 Å². The molecule has 6 nitrogen and oxygen atoms in total. The smallest absolute Gasteiger partial charge is 0.237 e. The third kappa shape index (κ3) is 16.3. The highest BCUT2D eigenvalue weighted by atomic mass is 32.2. The van der Waals surface area contributed by atoms with Crippen molar-refractivity contribution in [2.75, 3.05) is 50.8 Å². The van der Waals surface area contributed by atoms with Gasteiger partial charge in [-0.3, -0.25) is 4.79 Å². The van der Waals surface area contributed by atoms with Crippen molar-refractivity contribution in [3.05, 3.63) is 13.3 Å². The average Bonchev–Trinajstić information content (AvgIpc) is 2.55. The van der Waals surface area contributed by atoms with E-state index in [1.165, 1.54) is 6.42 Å². The fraction of sp³-hybridized carbons (Fsp3) is 0.812. The maximum atomic E-state index is 11.7. The molecule has 7 heteroatoms. The molecule has 0 aliphatic rings. The molecule has 136 valence electrons. The highest BCUT2D eigenvalue weighted by Crippen LogP contribution is 2.02. The minimum atomic E-state index is -0.431. The van der Waals surface area contributed by atoms with E-state index in [4.69, 9.17) is 11.5 Å². The molecule has 1 atom stereocenters. The summed E-state index contributed by atoms with van der Waals surface area (Å²) in [7, 11) is 0. The fourth-order valence-corrected chi connectivity index (χ4v) is 2.60. The van der Waals surface area contributed by atoms with Gasteiger partial charge in [-0.15, -0.1) is 0 Å². The molecule has 0 rings (SSSR count). The lowest BCUT2D eigenvalue weighted by molar-refractivity contribution is -0.121. The van der Waals surface area contributed by atoms with Crippen LogP contribution in [0, 0.1) is 13.3 Å². The van der Waals surface area contributed by atoms with Gasteiger partial charge in [-0.1, -0.05) is 0 Å². The van der Waals surface area contributed by atoms with Crippen LogP contribution in [0.4, 0.5) is 0 Å². The number of nitrogens with two attached hydrogens (primary N) is 2. The number of hydrogen-bond donors (Lipinski definition) is 5. The third-order valence-corrected chi connectivity index (χ3v) is 4.28. The second-order valence-corrected chi connectivity index (χ2v) is 6.50. The Kier molecular flexibility index (Phi) is 17.7. The molecule has 0 saturated carbocycles. The summed E-state index contributed by atoms with van der Waals surface area (Å²) in [6, 6.07) is -0.431. The molecule has 0 unspecified atom stereocenters. The van der Waals surface area contributed by atoms with Gasteiger partial charge < -0.3 is 27.4 Å². The van der Waals surface area contributed by atoms with Gasteiger partial charge in [-0.2, -0.15) is 11.8 Å². The molecule has 0 heterocycles. The van der Waals surface area contributed by atoms with Crippen LogP contribution in [0.5, 0.6) is 0 Å². The Balaban J connectivity index is 3.24. The maximum Gasteiger partial charge on any atom is 0.237 e. The second kappa shape index (κ2) is 18.0. The largest absolute Gasteiger partial charge is 0.355 e. The summed E-state index contributed by atoms with van der Waals surface area (Å²) in [6.07, 6.45) is 6.11. The molecule has 23 heavy (non-hydrogen) atoms. The Morgan fingerprint density at radius 1 is 1.04 bits per heavy atom. The Labute approximate surface area is 146 Å². The van der Waals surface area contributed by atoms with E-state index in [1.807, 2.05) is 6.42 Å². The van der Waals surface area contributed by atoms with Crippen LogP contribution in [0.25, 0.3) is 0 Å². The first kappa shape index (κ1) is 22.7. The number of carbonyl (C=O) groups is 1. The molecule has 1 amide bonds. The number of thioether (sulfide) groups is 1. The molecular weight excluding hydrogens is 310 g/mol. The second-order valence-electron chi connectivity index (χ2n) is 5.43. The summed E-state index contributed by atoms with van der Waals surface area (Å²) in [6.45, 7) is 9.07. The van der Waals surface area contributed by atoms with Crippen LogP contribution >= 0.6 is 11.8 Å². The van der Waals surface area contributed by atoms with Gasteiger partial charge in [0.25, 0.3) is 0 Å². The van der Waals surface area contributed by atoms with Gasteiger partial charge in [0.05, 0.1) is 6.04 Å². The minimum absolute atomic E-state index is 0.0647. The van der Waals surface area contributed by atoms with Gasteiger partial charge in [0.1, 0.15) is 0 Å². The van der Waals surface area contributed by atoms with Crippen LogP contribution in [0.2, 0.25) is 0 Å². The Morgan fingerprint density at radius 3 is 2.26 bits per heavy atom. The quantitative estimate of drug-likeness (QED) is 0.236. The first-order valence-electron chi connectivity index (χ1n) is 8.55. The van der Waals surface area contributed by atoms with Gasteiger partial charge >= 0.3 is 0 Å². The SMILES string of the molecule is [CH2][CH]CSC[C@H](N)C(=O)NCCCNCCCCNCCCN. The van der Waals surface area contributed by atoms with Crippen LogP contribution in [-0.2, 0) is 4.79 Å². The van der Waals surface area contributed by atoms with Crippen LogP contribution in [0.1, 0.15) is 25.7 Å². The predicted octanol–water partition coefficient (Wildman–Crippen LogP) is -0.100. The molecule has 0 fully saturated rings. The van der Waals surface area contributed by atoms with Crippen LogP contribution in [0.15, 0.2) is 0 Å². The Bertz CT molecular complexity index is 269. The Hall–Kier alpha value is -0.340. The van der Waals surface area contributed by atoms with Crippen LogP contribution < -0.4 is 27.4 Å². The van der Waals surface area contributed by atoms with E-state index in [1.54, 1.807) is 11.8 Å². The van der Waals surface area contributed by atoms with Gasteiger partial charge in [-0.25, -0.2) is 0 Å². The molecule has 0 aromatic heterocycles. The summed E-state index contributed by atoms with van der Waals surface area (Å²) < 4.78 is 0. The van der Waals surface area contributed by atoms with Crippen molar-refractivity contribution < 1.29 is 4.79 Å². The van der Waals surface area contributed by atoms with Crippen molar-refractivity contribution in [3.63, 3.8) is 0 Å². The highest BCUT2D eigenvalue weighted by molar-refractivity contribution is 7.99. The monoisotopic (exact) mass is 345 g/mol. The molecule has 7 N–H and O–H groups in total. The highest BCUT2D eigenvalue weighted by Gasteiger charge is 2.11. The molecule has 2 radical (unpaired) electrons. The van der Waals surface area contributed by atoms with E-state index in [0.717, 1.165) is 57.7 Å². The van der Waals surface area contributed by atoms with Crippen molar-refractivity contribution in [1.82, 2.24) is 16.0 Å². The van der Waals surface area contributed by atoms with E-state index in [0.29, 0.717) is 12.3 Å². The van der Waals surface area contributed by atoms with Crippen molar-refractivity contribution in [2.45, 2.75) is 31.7 Å². The zero-order chi connectivity index (χ0) is 17.2. The van der Waals surface area contributed by atoms with Gasteiger partial charge in [0.2, 0.25) is 5.91 Å². The predicted molar refractivity (Wildman–Crippen MR) is 101 cm³/mol. The van der Waals surface area contributed by atoms with E-state index in [2.05, 4.69) is 22.9 Å². The topological polar surface area (TPSA) is 105 Å². The number of rotatable bonds is 17. The van der Waals surface area contributed by atoms with E-state index in [9.17, 15) is 4.79 Å². The molecule has 0 aromatic rings. The number of amides is 1. The molecule has 0 bridgehead atoms. The molecule has 0 aromatic carbocycles. The van der Waals surface area contributed by atoms with E-state index < -0.39 is 6.04 Å². The lowest BCUT2D eigenvalue weighted by Gasteiger charge is -2.12. The molecule has 0 aliphatic heterocycles. The maximum absolute atomic E-state index is 11.7. The van der Waals surface area contributed by atoms with E-state index in [-0.39, 0.29) is 5.91 Å². The van der Waals surface area contributed by atoms with Gasteiger partial charge in [0, 0.05) is 12.3 Å². The number of unbranched alkanes of at least 4 members (excludes halogenated alkanes) is 1. The lowest BCUT2D eigenvalue weighted by Crippen LogP contribution is -2.43. The summed E-state index contributed by atoms with van der Waals surface area (Å²) in [5.74, 6) is 1.40. The average molecular weight is 346 g/mol. The van der Waals surface area contributed by atoms with Gasteiger partial charge in [0.15, 0.2) is 0 Å². The van der Waals surface area contributed by atoms with Crippen LogP contribution in [0.3, 0.4) is 0 Å². The standard InChI is InChI=1S/C16H35N5OS/c1-2-13-23-14-15(18)16(22)21-12-6-11-20-9-4-3-8-19-10-5-7-17/h2,15,19-20H,1,3-14,17-18H2,(H,21,22)/t15-/m0/s1. The Morgan fingerprint density at radius 2 is 1.65 bits per heavy atom. The summed E-state index contributed by atoms with van der Waals surface area (Å²) in [4.78, 5) is 11.7. The zero-order valence-corrected chi connectivity index (χ0v) is 15.1. The van der Waals surface area contributed by atoms with Crippen molar-refractivity contribution in [3.8, 4) is 0 Å². The summed E-state index contributed by atoms with van der Waals surface area (Å²) in [5, 5.41) is 9.63. The summed E-state index contributed by atoms with van der Waals surface area (Å²) in [5.41, 5.74) is 11.2. The number of carbonyl (C=O) groups excluding carboxylic acids is 1. The van der Waals surface area contributed by atoms with Crippen molar-refractivity contribution in [1.29, 1.82) is 0 Å². The van der Waals surface area contributed by atoms with Crippen LogP contribution in [-0.4, -0.2) is 62.7 Å². The molecule has 0 saturated heterocycles. The summed E-state index contributed by atoms with van der Waals surface area (Å²) >= 11 is 1.62. The normalized spacial score (nSPS) is 12.3.